The molecule has 0 saturated heterocycles. The van der Waals surface area contributed by atoms with Crippen LogP contribution in [0.15, 0.2) is 96.7 Å². The summed E-state index contributed by atoms with van der Waals surface area (Å²) in [6, 6.07) is 29.5. The van der Waals surface area contributed by atoms with Crippen molar-refractivity contribution in [3.63, 3.8) is 0 Å². The summed E-state index contributed by atoms with van der Waals surface area (Å²) in [5.74, 6) is -0.585. The minimum absolute atomic E-state index is 0.289. The summed E-state index contributed by atoms with van der Waals surface area (Å²) >= 11 is 0. The van der Waals surface area contributed by atoms with Crippen LogP contribution in [0.25, 0.3) is 16.3 Å². The number of carbonyl (C=O) groups is 2. The van der Waals surface area contributed by atoms with Crippen LogP contribution >= 0.6 is 0 Å². The first kappa shape index (κ1) is 21.7. The zero-order valence-electron chi connectivity index (χ0n) is 19.6. The Kier molecular flexibility index (Phi) is 5.50. The fourth-order valence-electron chi connectivity index (χ4n) is 4.77. The van der Waals surface area contributed by atoms with Gasteiger partial charge >= 0.3 is 0 Å². The number of likely N-dealkylation sites (N-methyl/N-ethyl adjacent to an activating group) is 1. The number of anilines is 1. The van der Waals surface area contributed by atoms with Gasteiger partial charge in [-0.25, -0.2) is 4.90 Å². The molecule has 0 radical (unpaired) electrons. The highest BCUT2D eigenvalue weighted by atomic mass is 16.2. The van der Waals surface area contributed by atoms with Crippen molar-refractivity contribution in [3.05, 3.63) is 119 Å². The second-order valence-corrected chi connectivity index (χ2v) is 8.83. The van der Waals surface area contributed by atoms with Crippen molar-refractivity contribution in [2.24, 2.45) is 0 Å². The van der Waals surface area contributed by atoms with Crippen molar-refractivity contribution < 1.29 is 9.59 Å². The van der Waals surface area contributed by atoms with E-state index in [0.29, 0.717) is 23.5 Å². The molecule has 2 amide bonds. The molecule has 4 nitrogen and oxygen atoms in total. The zero-order valence-corrected chi connectivity index (χ0v) is 19.6. The third-order valence-electron chi connectivity index (χ3n) is 6.36. The van der Waals surface area contributed by atoms with Gasteiger partial charge in [0.1, 0.15) is 5.70 Å². The van der Waals surface area contributed by atoms with E-state index >= 15 is 0 Å². The van der Waals surface area contributed by atoms with Gasteiger partial charge in [-0.1, -0.05) is 90.5 Å². The standard InChI is InChI=1S/C30H26N2O2/c1-20-16-17-24(21(2)18-20)27-28(31(3)19-22-10-5-4-6-11-22)30(34)32(29(27)33)26-15-9-13-23-12-7-8-14-25(23)26/h4-18H,19H2,1-3H3. The molecule has 4 heteroatoms. The first-order valence-corrected chi connectivity index (χ1v) is 11.4. The van der Waals surface area contributed by atoms with E-state index in [1.54, 1.807) is 0 Å². The van der Waals surface area contributed by atoms with Crippen molar-refractivity contribution in [2.45, 2.75) is 20.4 Å². The second-order valence-electron chi connectivity index (χ2n) is 8.83. The summed E-state index contributed by atoms with van der Waals surface area (Å²) in [5, 5.41) is 1.86. The molecule has 0 atom stereocenters. The highest BCUT2D eigenvalue weighted by Crippen LogP contribution is 2.38. The summed E-state index contributed by atoms with van der Waals surface area (Å²) in [5.41, 5.74) is 5.44. The molecule has 0 aliphatic carbocycles. The number of amides is 2. The topological polar surface area (TPSA) is 40.6 Å². The number of hydrogen-bond acceptors (Lipinski definition) is 3. The maximum atomic E-state index is 14.0. The van der Waals surface area contributed by atoms with Gasteiger partial charge in [-0.15, -0.1) is 0 Å². The van der Waals surface area contributed by atoms with Gasteiger partial charge in [-0.05, 0) is 42.0 Å². The number of hydrogen-bond donors (Lipinski definition) is 0. The third-order valence-corrected chi connectivity index (χ3v) is 6.36. The lowest BCUT2D eigenvalue weighted by Gasteiger charge is -2.22. The van der Waals surface area contributed by atoms with Gasteiger partial charge in [0.2, 0.25) is 0 Å². The van der Waals surface area contributed by atoms with Crippen LogP contribution in [-0.2, 0) is 16.1 Å². The van der Waals surface area contributed by atoms with Crippen LogP contribution in [0.1, 0.15) is 22.3 Å². The third kappa shape index (κ3) is 3.67. The lowest BCUT2D eigenvalue weighted by Crippen LogP contribution is -2.34. The first-order valence-electron chi connectivity index (χ1n) is 11.4. The quantitative estimate of drug-likeness (QED) is 0.360. The zero-order chi connectivity index (χ0) is 23.8. The molecule has 0 fully saturated rings. The van der Waals surface area contributed by atoms with Gasteiger partial charge in [0.05, 0.1) is 11.3 Å². The summed E-state index contributed by atoms with van der Waals surface area (Å²) in [7, 11) is 1.88. The molecule has 0 aromatic heterocycles. The van der Waals surface area contributed by atoms with Crippen molar-refractivity contribution in [1.82, 2.24) is 4.90 Å². The van der Waals surface area contributed by atoms with E-state index in [9.17, 15) is 9.59 Å². The highest BCUT2D eigenvalue weighted by Gasteiger charge is 2.42. The summed E-state index contributed by atoms with van der Waals surface area (Å²) in [4.78, 5) is 31.2. The van der Waals surface area contributed by atoms with Crippen LogP contribution in [0.5, 0.6) is 0 Å². The Labute approximate surface area is 199 Å². The molecule has 4 aromatic carbocycles. The predicted molar refractivity (Wildman–Crippen MR) is 137 cm³/mol. The second kappa shape index (κ2) is 8.64. The lowest BCUT2D eigenvalue weighted by atomic mass is 9.97. The van der Waals surface area contributed by atoms with E-state index in [0.717, 1.165) is 33.0 Å². The summed E-state index contributed by atoms with van der Waals surface area (Å²) in [6.07, 6.45) is 0. The van der Waals surface area contributed by atoms with Gasteiger partial charge in [0.25, 0.3) is 11.8 Å². The number of nitrogens with zero attached hydrogens (tertiary/aromatic N) is 2. The Morgan fingerprint density at radius 1 is 0.765 bits per heavy atom. The Bertz CT molecular complexity index is 1450. The molecular weight excluding hydrogens is 420 g/mol. The maximum Gasteiger partial charge on any atom is 0.282 e. The molecule has 0 saturated carbocycles. The lowest BCUT2D eigenvalue weighted by molar-refractivity contribution is -0.120. The molecule has 1 heterocycles. The smallest absolute Gasteiger partial charge is 0.282 e. The molecule has 168 valence electrons. The number of fused-ring (bicyclic) bond motifs is 1. The predicted octanol–water partition coefficient (Wildman–Crippen LogP) is 5.87. The summed E-state index contributed by atoms with van der Waals surface area (Å²) in [6.45, 7) is 4.53. The molecule has 5 rings (SSSR count). The Morgan fingerprint density at radius 2 is 1.47 bits per heavy atom. The fourth-order valence-corrected chi connectivity index (χ4v) is 4.77. The molecule has 1 aliphatic heterocycles. The van der Waals surface area contributed by atoms with Gasteiger partial charge in [-0.2, -0.15) is 0 Å². The number of carbonyl (C=O) groups excluding carboxylic acids is 2. The Balaban J connectivity index is 1.67. The fraction of sp³-hybridized carbons (Fsp3) is 0.133. The normalized spacial score (nSPS) is 13.8. The molecule has 0 spiro atoms. The molecular formula is C30H26N2O2. The van der Waals surface area contributed by atoms with E-state index in [1.807, 2.05) is 111 Å². The van der Waals surface area contributed by atoms with Crippen LogP contribution in [0.3, 0.4) is 0 Å². The summed E-state index contributed by atoms with van der Waals surface area (Å²) < 4.78 is 0. The van der Waals surface area contributed by atoms with E-state index in [1.165, 1.54) is 4.90 Å². The van der Waals surface area contributed by atoms with Crippen molar-refractivity contribution in [1.29, 1.82) is 0 Å². The number of imide groups is 1. The average Bonchev–Trinajstić information content (AvgIpc) is 3.09. The van der Waals surface area contributed by atoms with E-state index in [4.69, 9.17) is 0 Å². The minimum atomic E-state index is -0.297. The maximum absolute atomic E-state index is 14.0. The van der Waals surface area contributed by atoms with Crippen LogP contribution in [0.2, 0.25) is 0 Å². The molecule has 34 heavy (non-hydrogen) atoms. The van der Waals surface area contributed by atoms with E-state index < -0.39 is 0 Å². The first-order chi connectivity index (χ1) is 16.5. The SMILES string of the molecule is Cc1ccc(C2=C(N(C)Cc3ccccc3)C(=O)N(c3cccc4ccccc34)C2=O)c(C)c1. The van der Waals surface area contributed by atoms with Crippen LogP contribution in [0, 0.1) is 13.8 Å². The highest BCUT2D eigenvalue weighted by molar-refractivity contribution is 6.46. The van der Waals surface area contributed by atoms with Crippen molar-refractivity contribution >= 4 is 33.8 Å². The monoisotopic (exact) mass is 446 g/mol. The van der Waals surface area contributed by atoms with Gasteiger partial charge in [0.15, 0.2) is 0 Å². The Morgan fingerprint density at radius 3 is 2.24 bits per heavy atom. The average molecular weight is 447 g/mol. The number of aryl methyl sites for hydroxylation is 2. The molecule has 0 unspecified atom stereocenters. The van der Waals surface area contributed by atoms with Gasteiger partial charge < -0.3 is 4.90 Å². The van der Waals surface area contributed by atoms with Crippen molar-refractivity contribution in [3.8, 4) is 0 Å². The van der Waals surface area contributed by atoms with E-state index in [-0.39, 0.29) is 11.8 Å². The van der Waals surface area contributed by atoms with Gasteiger partial charge in [0, 0.05) is 19.0 Å². The van der Waals surface area contributed by atoms with Crippen LogP contribution in [-0.4, -0.2) is 23.8 Å². The van der Waals surface area contributed by atoms with Crippen LogP contribution in [0.4, 0.5) is 5.69 Å². The van der Waals surface area contributed by atoms with Crippen LogP contribution < -0.4 is 4.90 Å². The van der Waals surface area contributed by atoms with E-state index in [2.05, 4.69) is 6.07 Å². The minimum Gasteiger partial charge on any atom is -0.365 e. The molecule has 4 aromatic rings. The molecule has 1 aliphatic rings. The number of benzene rings is 4. The van der Waals surface area contributed by atoms with Crippen molar-refractivity contribution in [2.75, 3.05) is 11.9 Å². The number of rotatable bonds is 5. The van der Waals surface area contributed by atoms with Gasteiger partial charge in [-0.3, -0.25) is 9.59 Å². The molecule has 0 N–H and O–H groups in total. The molecule has 0 bridgehead atoms. The Hall–Kier alpha value is -4.18. The largest absolute Gasteiger partial charge is 0.365 e.